The smallest absolute Gasteiger partial charge is 0.335 e. The number of carboxylic acids is 1. The van der Waals surface area contributed by atoms with Crippen LogP contribution in [0.15, 0.2) is 18.2 Å². The lowest BCUT2D eigenvalue weighted by Crippen LogP contribution is -2.32. The van der Waals surface area contributed by atoms with Crippen molar-refractivity contribution in [3.8, 4) is 0 Å². The number of nitrogens with one attached hydrogen (secondary N) is 1. The summed E-state index contributed by atoms with van der Waals surface area (Å²) in [5.74, 6) is -1.51. The maximum absolute atomic E-state index is 13.5. The van der Waals surface area contributed by atoms with Crippen LogP contribution in [0.2, 0.25) is 0 Å². The largest absolute Gasteiger partial charge is 0.478 e. The first kappa shape index (κ1) is 14.6. The molecule has 0 saturated heterocycles. The molecule has 0 amide bonds. The van der Waals surface area contributed by atoms with E-state index >= 15 is 0 Å². The van der Waals surface area contributed by atoms with Crippen LogP contribution >= 0.6 is 0 Å². The van der Waals surface area contributed by atoms with E-state index in [1.165, 1.54) is 12.1 Å². The molecule has 0 aliphatic carbocycles. The molecular weight excluding hydrogens is 237 g/mol. The molecule has 1 aromatic carbocycles. The molecule has 5 heteroatoms. The fraction of sp³-hybridized carbons (Fsp3) is 0.462. The molecule has 0 aliphatic heterocycles. The Balaban J connectivity index is 2.67. The van der Waals surface area contributed by atoms with Gasteiger partial charge in [0.1, 0.15) is 5.82 Å². The van der Waals surface area contributed by atoms with Crippen molar-refractivity contribution >= 4 is 5.97 Å². The highest BCUT2D eigenvalue weighted by Crippen LogP contribution is 2.14. The van der Waals surface area contributed by atoms with Gasteiger partial charge in [-0.3, -0.25) is 0 Å². The van der Waals surface area contributed by atoms with E-state index in [9.17, 15) is 9.18 Å². The van der Waals surface area contributed by atoms with Crippen LogP contribution in [0.25, 0.3) is 0 Å². The zero-order valence-electron chi connectivity index (χ0n) is 10.5. The second-order valence-corrected chi connectivity index (χ2v) is 5.04. The monoisotopic (exact) mass is 255 g/mol. The van der Waals surface area contributed by atoms with E-state index in [1.54, 1.807) is 0 Å². The van der Waals surface area contributed by atoms with Crippen molar-refractivity contribution < 1.29 is 19.4 Å². The summed E-state index contributed by atoms with van der Waals surface area (Å²) in [6.45, 7) is 4.53. The minimum absolute atomic E-state index is 0.0254. The van der Waals surface area contributed by atoms with E-state index in [0.29, 0.717) is 12.1 Å². The molecule has 0 fully saturated rings. The van der Waals surface area contributed by atoms with Crippen LogP contribution in [0, 0.1) is 11.2 Å². The predicted molar refractivity (Wildman–Crippen MR) is 65.9 cm³/mol. The van der Waals surface area contributed by atoms with Gasteiger partial charge in [0.15, 0.2) is 0 Å². The van der Waals surface area contributed by atoms with E-state index in [4.69, 9.17) is 10.2 Å². The van der Waals surface area contributed by atoms with E-state index < -0.39 is 11.8 Å². The average molecular weight is 255 g/mol. The van der Waals surface area contributed by atoms with Crippen molar-refractivity contribution in [3.05, 3.63) is 35.1 Å². The van der Waals surface area contributed by atoms with E-state index in [1.807, 2.05) is 13.8 Å². The minimum atomic E-state index is -1.08. The van der Waals surface area contributed by atoms with E-state index in [2.05, 4.69) is 5.32 Å². The Kier molecular flexibility index (Phi) is 4.81. The summed E-state index contributed by atoms with van der Waals surface area (Å²) in [5, 5.41) is 20.9. The predicted octanol–water partition coefficient (Wildman–Crippen LogP) is 1.63. The Morgan fingerprint density at radius 1 is 1.44 bits per heavy atom. The fourth-order valence-electron chi connectivity index (χ4n) is 1.43. The molecule has 0 heterocycles. The van der Waals surface area contributed by atoms with E-state index in [-0.39, 0.29) is 24.1 Å². The molecule has 0 aromatic heterocycles. The number of aromatic carboxylic acids is 1. The third-order valence-electron chi connectivity index (χ3n) is 2.64. The van der Waals surface area contributed by atoms with Crippen molar-refractivity contribution in [2.45, 2.75) is 20.4 Å². The molecule has 3 N–H and O–H groups in total. The summed E-state index contributed by atoms with van der Waals surface area (Å²) in [7, 11) is 0. The standard InChI is InChI=1S/C13H18FNO3/c1-13(2,8-16)7-15-6-10-5-9(12(17)18)3-4-11(10)14/h3-5,15-16H,6-8H2,1-2H3,(H,17,18). The van der Waals surface area contributed by atoms with Crippen LogP contribution in [0.1, 0.15) is 29.8 Å². The van der Waals surface area contributed by atoms with Gasteiger partial charge in [0, 0.05) is 30.7 Å². The number of benzene rings is 1. The summed E-state index contributed by atoms with van der Waals surface area (Å²) in [6, 6.07) is 3.70. The maximum atomic E-state index is 13.5. The normalized spacial score (nSPS) is 11.6. The first-order valence-corrected chi connectivity index (χ1v) is 5.69. The summed E-state index contributed by atoms with van der Waals surface area (Å²) in [5.41, 5.74) is 0.0826. The van der Waals surface area contributed by atoms with Crippen LogP contribution in [0.3, 0.4) is 0 Å². The first-order valence-electron chi connectivity index (χ1n) is 5.69. The Morgan fingerprint density at radius 2 is 2.11 bits per heavy atom. The van der Waals surface area contributed by atoms with Gasteiger partial charge in [-0.2, -0.15) is 0 Å². The molecule has 0 aliphatic rings. The number of hydrogen-bond acceptors (Lipinski definition) is 3. The SMILES string of the molecule is CC(C)(CO)CNCc1cc(C(=O)O)ccc1F. The zero-order chi connectivity index (χ0) is 13.8. The van der Waals surface area contributed by atoms with Crippen LogP contribution in [-0.4, -0.2) is 29.3 Å². The van der Waals surface area contributed by atoms with Gasteiger partial charge < -0.3 is 15.5 Å². The highest BCUT2D eigenvalue weighted by Gasteiger charge is 2.16. The average Bonchev–Trinajstić information content (AvgIpc) is 2.31. The second-order valence-electron chi connectivity index (χ2n) is 5.04. The Bertz CT molecular complexity index is 432. The molecule has 0 bridgehead atoms. The van der Waals surface area contributed by atoms with Gasteiger partial charge in [0.25, 0.3) is 0 Å². The number of aliphatic hydroxyl groups is 1. The van der Waals surface area contributed by atoms with Gasteiger partial charge >= 0.3 is 5.97 Å². The van der Waals surface area contributed by atoms with Crippen LogP contribution < -0.4 is 5.32 Å². The van der Waals surface area contributed by atoms with Gasteiger partial charge in [-0.25, -0.2) is 9.18 Å². The van der Waals surface area contributed by atoms with Crippen molar-refractivity contribution in [2.75, 3.05) is 13.2 Å². The lowest BCUT2D eigenvalue weighted by Gasteiger charge is -2.22. The molecule has 0 radical (unpaired) electrons. The third kappa shape index (κ3) is 4.09. The molecule has 0 unspecified atom stereocenters. The highest BCUT2D eigenvalue weighted by atomic mass is 19.1. The number of carboxylic acid groups (broad SMARTS) is 1. The summed E-state index contributed by atoms with van der Waals surface area (Å²) < 4.78 is 13.5. The lowest BCUT2D eigenvalue weighted by molar-refractivity contribution is 0.0696. The Labute approximate surface area is 105 Å². The Morgan fingerprint density at radius 3 is 2.67 bits per heavy atom. The van der Waals surface area contributed by atoms with Crippen molar-refractivity contribution in [3.63, 3.8) is 0 Å². The van der Waals surface area contributed by atoms with Crippen LogP contribution in [0.4, 0.5) is 4.39 Å². The highest BCUT2D eigenvalue weighted by molar-refractivity contribution is 5.87. The van der Waals surface area contributed by atoms with Crippen LogP contribution in [0.5, 0.6) is 0 Å². The topological polar surface area (TPSA) is 69.6 Å². The molecule has 0 atom stereocenters. The number of rotatable bonds is 6. The van der Waals surface area contributed by atoms with Gasteiger partial charge in [-0.1, -0.05) is 13.8 Å². The fourth-order valence-corrected chi connectivity index (χ4v) is 1.43. The summed E-state index contributed by atoms with van der Waals surface area (Å²) >= 11 is 0. The molecule has 4 nitrogen and oxygen atoms in total. The second kappa shape index (κ2) is 5.93. The Hall–Kier alpha value is -1.46. The van der Waals surface area contributed by atoms with Crippen LogP contribution in [-0.2, 0) is 6.54 Å². The zero-order valence-corrected chi connectivity index (χ0v) is 10.5. The third-order valence-corrected chi connectivity index (χ3v) is 2.64. The molecule has 0 saturated carbocycles. The van der Waals surface area contributed by atoms with Crippen molar-refractivity contribution in [1.82, 2.24) is 5.32 Å². The molecule has 18 heavy (non-hydrogen) atoms. The van der Waals surface area contributed by atoms with Gasteiger partial charge in [0.05, 0.1) is 5.56 Å². The van der Waals surface area contributed by atoms with Gasteiger partial charge in [0.2, 0.25) is 0 Å². The molecule has 100 valence electrons. The van der Waals surface area contributed by atoms with Gasteiger partial charge in [-0.05, 0) is 18.2 Å². The quantitative estimate of drug-likeness (QED) is 0.722. The molecule has 1 aromatic rings. The van der Waals surface area contributed by atoms with Crippen molar-refractivity contribution in [2.24, 2.45) is 5.41 Å². The lowest BCUT2D eigenvalue weighted by atomic mass is 9.95. The molecule has 0 spiro atoms. The molecular formula is C13H18FNO3. The number of hydrogen-bond donors (Lipinski definition) is 3. The summed E-state index contributed by atoms with van der Waals surface area (Å²) in [4.78, 5) is 10.8. The first-order chi connectivity index (χ1) is 8.35. The number of carbonyl (C=O) groups is 1. The van der Waals surface area contributed by atoms with E-state index in [0.717, 1.165) is 6.07 Å². The number of aliphatic hydroxyl groups excluding tert-OH is 1. The maximum Gasteiger partial charge on any atom is 0.335 e. The minimum Gasteiger partial charge on any atom is -0.478 e. The van der Waals surface area contributed by atoms with Crippen molar-refractivity contribution in [1.29, 1.82) is 0 Å². The van der Waals surface area contributed by atoms with Gasteiger partial charge in [-0.15, -0.1) is 0 Å². The molecule has 1 rings (SSSR count). The summed E-state index contributed by atoms with van der Waals surface area (Å²) in [6.07, 6.45) is 0. The number of halogens is 1.